The van der Waals surface area contributed by atoms with Crippen molar-refractivity contribution in [1.29, 1.82) is 0 Å². The van der Waals surface area contributed by atoms with Crippen LogP contribution in [-0.2, 0) is 4.79 Å². The van der Waals surface area contributed by atoms with Crippen molar-refractivity contribution in [2.45, 2.75) is 13.8 Å². The molecule has 0 fully saturated rings. The number of rotatable bonds is 5. The molecule has 0 aliphatic rings. The highest BCUT2D eigenvalue weighted by molar-refractivity contribution is 7.80. The van der Waals surface area contributed by atoms with E-state index in [-0.39, 0.29) is 16.9 Å². The number of para-hydroxylation sites is 1. The number of thiophene rings is 1. The maximum atomic E-state index is 12.8. The van der Waals surface area contributed by atoms with Crippen LogP contribution in [0.1, 0.15) is 26.4 Å². The highest BCUT2D eigenvalue weighted by Gasteiger charge is 2.13. The fraction of sp³-hybridized carbons (Fsp3) is 0.0870. The third-order valence-corrected chi connectivity index (χ3v) is 5.41. The van der Waals surface area contributed by atoms with Crippen LogP contribution >= 0.6 is 23.6 Å². The molecule has 0 aliphatic carbocycles. The van der Waals surface area contributed by atoms with Crippen LogP contribution in [0.3, 0.4) is 0 Å². The van der Waals surface area contributed by atoms with Gasteiger partial charge in [0.25, 0.3) is 5.91 Å². The molecule has 0 saturated heterocycles. The fourth-order valence-electron chi connectivity index (χ4n) is 2.66. The zero-order valence-corrected chi connectivity index (χ0v) is 18.2. The topological polar surface area (TPSA) is 70.2 Å². The number of anilines is 2. The van der Waals surface area contributed by atoms with E-state index in [1.807, 2.05) is 49.6 Å². The van der Waals surface area contributed by atoms with Crippen LogP contribution in [0.4, 0.5) is 11.4 Å². The lowest BCUT2D eigenvalue weighted by molar-refractivity contribution is -0.115. The summed E-state index contributed by atoms with van der Waals surface area (Å²) in [5, 5.41) is 10.5. The summed E-state index contributed by atoms with van der Waals surface area (Å²) in [5.74, 6) is -0.619. The van der Waals surface area contributed by atoms with Gasteiger partial charge in [-0.1, -0.05) is 24.3 Å². The van der Waals surface area contributed by atoms with Crippen molar-refractivity contribution in [3.8, 4) is 0 Å². The van der Waals surface area contributed by atoms with Gasteiger partial charge in [-0.2, -0.15) is 0 Å². The van der Waals surface area contributed by atoms with E-state index in [1.165, 1.54) is 17.4 Å². The Hall–Kier alpha value is -3.29. The Kier molecular flexibility index (Phi) is 7.11. The van der Waals surface area contributed by atoms with Gasteiger partial charge in [0.1, 0.15) is 0 Å². The van der Waals surface area contributed by atoms with Gasteiger partial charge in [-0.3, -0.25) is 14.9 Å². The molecule has 0 bridgehead atoms. The average Bonchev–Trinajstić information content (AvgIpc) is 3.23. The molecule has 3 rings (SSSR count). The Morgan fingerprint density at radius 2 is 1.77 bits per heavy atom. The van der Waals surface area contributed by atoms with Gasteiger partial charge in [-0.25, -0.2) is 0 Å². The number of hydrogen-bond acceptors (Lipinski definition) is 4. The average molecular weight is 436 g/mol. The third-order valence-electron chi connectivity index (χ3n) is 4.36. The predicted molar refractivity (Wildman–Crippen MR) is 128 cm³/mol. The van der Waals surface area contributed by atoms with Crippen LogP contribution in [0, 0.1) is 13.8 Å². The van der Waals surface area contributed by atoms with Crippen LogP contribution in [-0.4, -0.2) is 16.9 Å². The summed E-state index contributed by atoms with van der Waals surface area (Å²) in [4.78, 5) is 25.8. The van der Waals surface area contributed by atoms with Crippen molar-refractivity contribution >= 4 is 57.9 Å². The molecule has 30 heavy (non-hydrogen) atoms. The molecular formula is C23H21N3O2S2. The first-order chi connectivity index (χ1) is 14.4. The highest BCUT2D eigenvalue weighted by atomic mass is 32.1. The minimum absolute atomic E-state index is 0.113. The Bertz CT molecular complexity index is 1110. The maximum absolute atomic E-state index is 12.8. The summed E-state index contributed by atoms with van der Waals surface area (Å²) in [6.45, 7) is 4.01. The Morgan fingerprint density at radius 3 is 2.50 bits per heavy atom. The van der Waals surface area contributed by atoms with E-state index in [9.17, 15) is 9.59 Å². The molecule has 152 valence electrons. The summed E-state index contributed by atoms with van der Waals surface area (Å²) >= 11 is 6.76. The van der Waals surface area contributed by atoms with Crippen molar-refractivity contribution in [2.24, 2.45) is 0 Å². The van der Waals surface area contributed by atoms with Crippen LogP contribution in [0.2, 0.25) is 0 Å². The number of carbonyl (C=O) groups is 2. The maximum Gasteiger partial charge on any atom is 0.257 e. The largest absolute Gasteiger partial charge is 0.332 e. The van der Waals surface area contributed by atoms with Gasteiger partial charge in [-0.05, 0) is 79.0 Å². The van der Waals surface area contributed by atoms with E-state index in [1.54, 1.807) is 30.3 Å². The number of nitrogens with one attached hydrogen (secondary N) is 3. The lowest BCUT2D eigenvalue weighted by Gasteiger charge is -2.13. The zero-order chi connectivity index (χ0) is 21.5. The van der Waals surface area contributed by atoms with E-state index in [0.29, 0.717) is 16.9 Å². The molecule has 1 heterocycles. The second-order valence-corrected chi connectivity index (χ2v) is 7.98. The molecule has 0 atom stereocenters. The minimum atomic E-state index is -0.349. The molecule has 1 aromatic heterocycles. The molecule has 0 saturated carbocycles. The van der Waals surface area contributed by atoms with E-state index < -0.39 is 0 Å². The molecule has 0 radical (unpaired) electrons. The summed E-state index contributed by atoms with van der Waals surface area (Å²) in [5.41, 5.74) is 3.89. The minimum Gasteiger partial charge on any atom is -0.332 e. The summed E-state index contributed by atoms with van der Waals surface area (Å²) < 4.78 is 0. The third kappa shape index (κ3) is 5.85. The first-order valence-electron chi connectivity index (χ1n) is 9.23. The first kappa shape index (κ1) is 21.4. The Morgan fingerprint density at radius 1 is 0.967 bits per heavy atom. The molecule has 5 nitrogen and oxygen atoms in total. The van der Waals surface area contributed by atoms with E-state index >= 15 is 0 Å². The van der Waals surface area contributed by atoms with Gasteiger partial charge in [0, 0.05) is 16.6 Å². The molecule has 2 aromatic carbocycles. The van der Waals surface area contributed by atoms with Crippen LogP contribution < -0.4 is 16.0 Å². The van der Waals surface area contributed by atoms with Gasteiger partial charge in [0.15, 0.2) is 5.11 Å². The van der Waals surface area contributed by atoms with Crippen LogP contribution in [0.25, 0.3) is 6.08 Å². The first-order valence-corrected chi connectivity index (χ1v) is 10.5. The number of hydrogen-bond donors (Lipinski definition) is 3. The van der Waals surface area contributed by atoms with E-state index in [2.05, 4.69) is 16.0 Å². The highest BCUT2D eigenvalue weighted by Crippen LogP contribution is 2.19. The van der Waals surface area contributed by atoms with Gasteiger partial charge in [0.05, 0.1) is 11.3 Å². The molecule has 3 aromatic rings. The Balaban J connectivity index is 1.65. The number of aryl methyl sites for hydroxylation is 2. The SMILES string of the molecule is Cc1ccc(NC(=O)c2ccccc2NC(=S)NC(=O)C=Cc2cccs2)cc1C. The van der Waals surface area contributed by atoms with E-state index in [4.69, 9.17) is 12.2 Å². The molecule has 3 N–H and O–H groups in total. The monoisotopic (exact) mass is 435 g/mol. The van der Waals surface area contributed by atoms with Gasteiger partial charge in [0.2, 0.25) is 5.91 Å². The molecule has 7 heteroatoms. The number of benzene rings is 2. The van der Waals surface area contributed by atoms with Crippen molar-refractivity contribution in [3.05, 3.63) is 87.6 Å². The second kappa shape index (κ2) is 9.96. The lowest BCUT2D eigenvalue weighted by atomic mass is 10.1. The molecule has 2 amide bonds. The van der Waals surface area contributed by atoms with Crippen molar-refractivity contribution in [1.82, 2.24) is 5.32 Å². The van der Waals surface area contributed by atoms with Crippen molar-refractivity contribution in [3.63, 3.8) is 0 Å². The molecule has 0 spiro atoms. The van der Waals surface area contributed by atoms with Crippen LogP contribution in [0.15, 0.2) is 66.1 Å². The van der Waals surface area contributed by atoms with Gasteiger partial charge >= 0.3 is 0 Å². The zero-order valence-electron chi connectivity index (χ0n) is 16.6. The Labute approximate surface area is 184 Å². The number of thiocarbonyl (C=S) groups is 1. The van der Waals surface area contributed by atoms with Gasteiger partial charge in [-0.15, -0.1) is 11.3 Å². The molecule has 0 unspecified atom stereocenters. The van der Waals surface area contributed by atoms with Crippen molar-refractivity contribution in [2.75, 3.05) is 10.6 Å². The smallest absolute Gasteiger partial charge is 0.257 e. The quantitative estimate of drug-likeness (QED) is 0.383. The summed E-state index contributed by atoms with van der Waals surface area (Å²) in [6, 6.07) is 16.6. The molecule has 0 aliphatic heterocycles. The van der Waals surface area contributed by atoms with Gasteiger partial charge < -0.3 is 10.6 Å². The lowest BCUT2D eigenvalue weighted by Crippen LogP contribution is -2.33. The second-order valence-electron chi connectivity index (χ2n) is 6.59. The predicted octanol–water partition coefficient (Wildman–Crippen LogP) is 5.14. The number of carbonyl (C=O) groups excluding carboxylic acids is 2. The standard InChI is InChI=1S/C23H21N3O2S2/c1-15-9-10-17(14-16(15)2)24-22(28)19-7-3-4-8-20(19)25-23(29)26-21(27)12-11-18-6-5-13-30-18/h3-14H,1-2H3,(H,24,28)(H2,25,26,27,29). The summed E-state index contributed by atoms with van der Waals surface area (Å²) in [7, 11) is 0. The van der Waals surface area contributed by atoms with Crippen LogP contribution in [0.5, 0.6) is 0 Å². The normalized spacial score (nSPS) is 10.6. The van der Waals surface area contributed by atoms with E-state index in [0.717, 1.165) is 16.0 Å². The fourth-order valence-corrected chi connectivity index (χ4v) is 3.49. The molecular weight excluding hydrogens is 414 g/mol. The summed E-state index contributed by atoms with van der Waals surface area (Å²) in [6.07, 6.45) is 3.13. The van der Waals surface area contributed by atoms with Crippen molar-refractivity contribution < 1.29 is 9.59 Å². The number of amides is 2.